The number of anilines is 1. The third-order valence-electron chi connectivity index (χ3n) is 4.38. The minimum atomic E-state index is -0.465. The Balaban J connectivity index is 1.75. The predicted molar refractivity (Wildman–Crippen MR) is 100 cm³/mol. The van der Waals surface area contributed by atoms with E-state index in [-0.39, 0.29) is 23.8 Å². The highest BCUT2D eigenvalue weighted by Crippen LogP contribution is 2.48. The lowest BCUT2D eigenvalue weighted by atomic mass is 10.1. The van der Waals surface area contributed by atoms with Gasteiger partial charge in [0.2, 0.25) is 5.91 Å². The second-order valence-corrected chi connectivity index (χ2v) is 7.70. The second-order valence-electron chi connectivity index (χ2n) is 6.67. The SMILES string of the molecule is Cc1c(C(=O)OC(C)C)sc(NC(=O)[C@H]2C[C@@H]2c2ccccc2)c1C#N. The average molecular weight is 368 g/mol. The van der Waals surface area contributed by atoms with Crippen molar-refractivity contribution in [1.29, 1.82) is 5.26 Å². The molecule has 2 aromatic rings. The van der Waals surface area contributed by atoms with Crippen LogP contribution in [-0.4, -0.2) is 18.0 Å². The van der Waals surface area contributed by atoms with E-state index in [9.17, 15) is 14.9 Å². The zero-order chi connectivity index (χ0) is 18.8. The molecule has 1 heterocycles. The van der Waals surface area contributed by atoms with Gasteiger partial charge in [-0.05, 0) is 44.2 Å². The van der Waals surface area contributed by atoms with Crippen LogP contribution in [0.25, 0.3) is 0 Å². The summed E-state index contributed by atoms with van der Waals surface area (Å²) >= 11 is 1.10. The highest BCUT2D eigenvalue weighted by atomic mass is 32.1. The van der Waals surface area contributed by atoms with Gasteiger partial charge in [0.25, 0.3) is 0 Å². The smallest absolute Gasteiger partial charge is 0.348 e. The molecule has 0 unspecified atom stereocenters. The fourth-order valence-corrected chi connectivity index (χ4v) is 4.00. The van der Waals surface area contributed by atoms with Crippen LogP contribution in [0.4, 0.5) is 5.00 Å². The van der Waals surface area contributed by atoms with Crippen molar-refractivity contribution in [1.82, 2.24) is 0 Å². The van der Waals surface area contributed by atoms with E-state index < -0.39 is 5.97 Å². The van der Waals surface area contributed by atoms with E-state index in [4.69, 9.17) is 4.74 Å². The Morgan fingerprint density at radius 2 is 2.00 bits per heavy atom. The Kier molecular flexibility index (Phi) is 5.10. The van der Waals surface area contributed by atoms with Crippen molar-refractivity contribution in [3.05, 3.63) is 51.9 Å². The normalized spacial score (nSPS) is 18.3. The number of nitrogens with one attached hydrogen (secondary N) is 1. The van der Waals surface area contributed by atoms with Gasteiger partial charge >= 0.3 is 5.97 Å². The van der Waals surface area contributed by atoms with Gasteiger partial charge in [-0.15, -0.1) is 11.3 Å². The maximum Gasteiger partial charge on any atom is 0.348 e. The fourth-order valence-electron chi connectivity index (χ4n) is 2.96. The standard InChI is InChI=1S/C20H20N2O3S/c1-11(2)25-20(24)17-12(3)16(10-21)19(26-17)22-18(23)15-9-14(15)13-7-5-4-6-8-13/h4-8,11,14-15H,9H2,1-3H3,(H,22,23)/t14-,15+/m1/s1. The van der Waals surface area contributed by atoms with Crippen LogP contribution in [0.15, 0.2) is 30.3 Å². The molecule has 1 aliphatic carbocycles. The lowest BCUT2D eigenvalue weighted by Crippen LogP contribution is -2.14. The van der Waals surface area contributed by atoms with Crippen molar-refractivity contribution < 1.29 is 14.3 Å². The summed E-state index contributed by atoms with van der Waals surface area (Å²) in [6.07, 6.45) is 0.551. The number of amides is 1. The predicted octanol–water partition coefficient (Wildman–Crippen LogP) is 4.24. The summed E-state index contributed by atoms with van der Waals surface area (Å²) in [5, 5.41) is 12.7. The lowest BCUT2D eigenvalue weighted by Gasteiger charge is -2.06. The van der Waals surface area contributed by atoms with Crippen LogP contribution in [0, 0.1) is 24.2 Å². The Bertz CT molecular complexity index is 880. The second kappa shape index (κ2) is 7.30. The molecule has 1 N–H and O–H groups in total. The molecule has 1 saturated carbocycles. The lowest BCUT2D eigenvalue weighted by molar-refractivity contribution is -0.117. The minimum Gasteiger partial charge on any atom is -0.459 e. The van der Waals surface area contributed by atoms with Crippen LogP contribution in [0.5, 0.6) is 0 Å². The Morgan fingerprint density at radius 3 is 2.62 bits per heavy atom. The molecule has 1 aromatic carbocycles. The molecule has 134 valence electrons. The first-order valence-corrected chi connectivity index (χ1v) is 9.34. The van der Waals surface area contributed by atoms with Crippen LogP contribution in [0.3, 0.4) is 0 Å². The quantitative estimate of drug-likeness (QED) is 0.801. The Morgan fingerprint density at radius 1 is 1.31 bits per heavy atom. The molecule has 6 heteroatoms. The minimum absolute atomic E-state index is 0.0996. The van der Waals surface area contributed by atoms with E-state index in [1.807, 2.05) is 30.3 Å². The first-order chi connectivity index (χ1) is 12.4. The van der Waals surface area contributed by atoms with Crippen molar-refractivity contribution in [2.75, 3.05) is 5.32 Å². The number of thiophene rings is 1. The summed E-state index contributed by atoms with van der Waals surface area (Å²) in [5.74, 6) is -0.459. The average Bonchev–Trinajstić information content (AvgIpc) is 3.34. The van der Waals surface area contributed by atoms with Crippen LogP contribution in [0.1, 0.15) is 52.5 Å². The van der Waals surface area contributed by atoms with E-state index >= 15 is 0 Å². The zero-order valence-corrected chi connectivity index (χ0v) is 15.7. The molecule has 1 aliphatic rings. The molecule has 0 aliphatic heterocycles. The summed E-state index contributed by atoms with van der Waals surface area (Å²) in [6.45, 7) is 5.24. The number of rotatable bonds is 5. The number of hydrogen-bond donors (Lipinski definition) is 1. The fraction of sp³-hybridized carbons (Fsp3) is 0.350. The molecule has 1 aromatic heterocycles. The molecule has 0 spiro atoms. The van der Waals surface area contributed by atoms with Crippen LogP contribution >= 0.6 is 11.3 Å². The van der Waals surface area contributed by atoms with Crippen molar-refractivity contribution >= 4 is 28.2 Å². The summed E-state index contributed by atoms with van der Waals surface area (Å²) in [7, 11) is 0. The number of nitriles is 1. The van der Waals surface area contributed by atoms with Crippen LogP contribution in [-0.2, 0) is 9.53 Å². The number of ether oxygens (including phenoxy) is 1. The molecule has 0 saturated heterocycles. The largest absolute Gasteiger partial charge is 0.459 e. The van der Waals surface area contributed by atoms with Gasteiger partial charge in [-0.25, -0.2) is 4.79 Å². The third-order valence-corrected chi connectivity index (χ3v) is 5.57. The Hall–Kier alpha value is -2.65. The van der Waals surface area contributed by atoms with Gasteiger partial charge in [0.1, 0.15) is 15.9 Å². The number of nitrogens with zero attached hydrogens (tertiary/aromatic N) is 1. The highest BCUT2D eigenvalue weighted by Gasteiger charge is 2.44. The zero-order valence-electron chi connectivity index (χ0n) is 14.9. The number of carbonyl (C=O) groups is 2. The summed E-state index contributed by atoms with van der Waals surface area (Å²) in [6, 6.07) is 12.0. The number of hydrogen-bond acceptors (Lipinski definition) is 5. The van der Waals surface area contributed by atoms with E-state index in [1.165, 1.54) is 0 Å². The van der Waals surface area contributed by atoms with E-state index in [2.05, 4.69) is 11.4 Å². The number of esters is 1. The first-order valence-electron chi connectivity index (χ1n) is 8.52. The van der Waals surface area contributed by atoms with Gasteiger partial charge < -0.3 is 10.1 Å². The van der Waals surface area contributed by atoms with Gasteiger partial charge in [-0.3, -0.25) is 4.79 Å². The van der Waals surface area contributed by atoms with Gasteiger partial charge in [0.05, 0.1) is 11.7 Å². The molecule has 26 heavy (non-hydrogen) atoms. The number of carbonyl (C=O) groups excluding carboxylic acids is 2. The molecule has 5 nitrogen and oxygen atoms in total. The molecular formula is C20H20N2O3S. The molecule has 0 radical (unpaired) electrons. The van der Waals surface area contributed by atoms with Gasteiger partial charge in [0.15, 0.2) is 0 Å². The van der Waals surface area contributed by atoms with E-state index in [1.54, 1.807) is 20.8 Å². The first kappa shape index (κ1) is 18.2. The van der Waals surface area contributed by atoms with Crippen molar-refractivity contribution in [2.24, 2.45) is 5.92 Å². The van der Waals surface area contributed by atoms with Crippen molar-refractivity contribution in [2.45, 2.75) is 39.2 Å². The van der Waals surface area contributed by atoms with Crippen LogP contribution in [0.2, 0.25) is 0 Å². The maximum absolute atomic E-state index is 12.6. The molecule has 1 fully saturated rings. The van der Waals surface area contributed by atoms with Gasteiger partial charge in [-0.2, -0.15) is 5.26 Å². The van der Waals surface area contributed by atoms with Crippen molar-refractivity contribution in [3.63, 3.8) is 0 Å². The highest BCUT2D eigenvalue weighted by molar-refractivity contribution is 7.18. The van der Waals surface area contributed by atoms with Crippen molar-refractivity contribution in [3.8, 4) is 6.07 Å². The van der Waals surface area contributed by atoms with E-state index in [0.717, 1.165) is 23.3 Å². The van der Waals surface area contributed by atoms with Gasteiger partial charge in [0, 0.05) is 5.92 Å². The molecule has 1 amide bonds. The molecule has 3 rings (SSSR count). The third kappa shape index (κ3) is 3.63. The Labute approximate surface area is 156 Å². The molecule has 0 bridgehead atoms. The number of benzene rings is 1. The topological polar surface area (TPSA) is 79.2 Å². The van der Waals surface area contributed by atoms with Gasteiger partial charge in [-0.1, -0.05) is 30.3 Å². The maximum atomic E-state index is 12.6. The van der Waals surface area contributed by atoms with Crippen LogP contribution < -0.4 is 5.32 Å². The summed E-state index contributed by atoms with van der Waals surface area (Å²) in [4.78, 5) is 25.1. The summed E-state index contributed by atoms with van der Waals surface area (Å²) in [5.41, 5.74) is 2.03. The molecule has 2 atom stereocenters. The van der Waals surface area contributed by atoms with E-state index in [0.29, 0.717) is 21.0 Å². The molecular weight excluding hydrogens is 348 g/mol. The summed E-state index contributed by atoms with van der Waals surface area (Å²) < 4.78 is 5.22. The monoisotopic (exact) mass is 368 g/mol.